The number of hydrogen-bond acceptors (Lipinski definition) is 6. The van der Waals surface area contributed by atoms with Gasteiger partial charge in [0.1, 0.15) is 11.6 Å². The Morgan fingerprint density at radius 3 is 2.48 bits per heavy atom. The van der Waals surface area contributed by atoms with Crippen molar-refractivity contribution in [3.8, 4) is 0 Å². The number of nitro groups is 1. The third-order valence-electron chi connectivity index (χ3n) is 3.00. The summed E-state index contributed by atoms with van der Waals surface area (Å²) in [6, 6.07) is 3.02. The minimum Gasteiger partial charge on any atom is -0.370 e. The lowest BCUT2D eigenvalue weighted by Gasteiger charge is -2.25. The van der Waals surface area contributed by atoms with E-state index in [9.17, 15) is 10.1 Å². The summed E-state index contributed by atoms with van der Waals surface area (Å²) < 4.78 is 0. The molecule has 0 aliphatic heterocycles. The molecule has 0 fully saturated rings. The first-order valence-electron chi connectivity index (χ1n) is 7.28. The fourth-order valence-corrected chi connectivity index (χ4v) is 1.97. The topological polar surface area (TPSA) is 74.5 Å². The second kappa shape index (κ2) is 8.41. The Hall–Kier alpha value is -1.89. The molecule has 1 aromatic rings. The van der Waals surface area contributed by atoms with Crippen LogP contribution in [0.1, 0.15) is 20.3 Å². The molecule has 118 valence electrons. The van der Waals surface area contributed by atoms with Crippen LogP contribution in [0.3, 0.4) is 0 Å². The fraction of sp³-hybridized carbons (Fsp3) is 0.643. The first kappa shape index (κ1) is 17.2. The quantitative estimate of drug-likeness (QED) is 0.556. The molecule has 0 radical (unpaired) electrons. The fourth-order valence-electron chi connectivity index (χ4n) is 1.97. The Kier molecular flexibility index (Phi) is 6.87. The van der Waals surface area contributed by atoms with Gasteiger partial charge in [-0.2, -0.15) is 0 Å². The number of likely N-dealkylation sites (N-methyl/N-ethyl adjacent to an activating group) is 1. The molecule has 0 spiro atoms. The first-order chi connectivity index (χ1) is 9.97. The zero-order valence-corrected chi connectivity index (χ0v) is 13.3. The average molecular weight is 295 g/mol. The van der Waals surface area contributed by atoms with Crippen molar-refractivity contribution < 1.29 is 4.92 Å². The number of anilines is 2. The molecule has 0 aliphatic rings. The maximum Gasteiger partial charge on any atom is 0.276 e. The summed E-state index contributed by atoms with van der Waals surface area (Å²) in [5, 5.41) is 14.1. The van der Waals surface area contributed by atoms with Crippen molar-refractivity contribution in [1.82, 2.24) is 9.88 Å². The second-order valence-electron chi connectivity index (χ2n) is 5.15. The summed E-state index contributed by atoms with van der Waals surface area (Å²) in [6.45, 7) is 7.20. The SMILES string of the molecule is CCCN(CCN(C)C)c1cc([N+](=O)[O-])cc(NCC)n1. The van der Waals surface area contributed by atoms with Crippen LogP contribution in [-0.2, 0) is 0 Å². The number of hydrogen-bond donors (Lipinski definition) is 1. The van der Waals surface area contributed by atoms with Gasteiger partial charge in [0, 0.05) is 26.2 Å². The lowest BCUT2D eigenvalue weighted by molar-refractivity contribution is -0.384. The van der Waals surface area contributed by atoms with E-state index < -0.39 is 0 Å². The van der Waals surface area contributed by atoms with Crippen LogP contribution in [0, 0.1) is 10.1 Å². The zero-order chi connectivity index (χ0) is 15.8. The molecule has 7 heteroatoms. The molecule has 0 amide bonds. The number of nitrogens with zero attached hydrogens (tertiary/aromatic N) is 4. The lowest BCUT2D eigenvalue weighted by Crippen LogP contribution is -2.33. The summed E-state index contributed by atoms with van der Waals surface area (Å²) in [5.74, 6) is 1.21. The average Bonchev–Trinajstić information content (AvgIpc) is 2.43. The highest BCUT2D eigenvalue weighted by Gasteiger charge is 2.15. The number of nitrogens with one attached hydrogen (secondary N) is 1. The molecule has 1 N–H and O–H groups in total. The van der Waals surface area contributed by atoms with Gasteiger partial charge in [0.25, 0.3) is 5.69 Å². The van der Waals surface area contributed by atoms with Crippen molar-refractivity contribution >= 4 is 17.3 Å². The minimum absolute atomic E-state index is 0.0712. The Labute approximate surface area is 126 Å². The van der Waals surface area contributed by atoms with Crippen LogP contribution < -0.4 is 10.2 Å². The molecule has 0 unspecified atom stereocenters. The van der Waals surface area contributed by atoms with Gasteiger partial charge in [-0.1, -0.05) is 6.92 Å². The maximum atomic E-state index is 11.1. The number of aromatic nitrogens is 1. The maximum absolute atomic E-state index is 11.1. The normalized spacial score (nSPS) is 10.7. The van der Waals surface area contributed by atoms with E-state index in [0.717, 1.165) is 26.1 Å². The molecule has 1 aromatic heterocycles. The smallest absolute Gasteiger partial charge is 0.276 e. The molecule has 0 saturated heterocycles. The molecule has 0 aromatic carbocycles. The Morgan fingerprint density at radius 1 is 1.24 bits per heavy atom. The molecular weight excluding hydrogens is 270 g/mol. The van der Waals surface area contributed by atoms with Crippen LogP contribution in [0.5, 0.6) is 0 Å². The Morgan fingerprint density at radius 2 is 1.95 bits per heavy atom. The van der Waals surface area contributed by atoms with Crippen molar-refractivity contribution in [2.45, 2.75) is 20.3 Å². The summed E-state index contributed by atoms with van der Waals surface area (Å²) in [4.78, 5) is 19.4. The van der Waals surface area contributed by atoms with Crippen molar-refractivity contribution in [3.63, 3.8) is 0 Å². The molecule has 0 bridgehead atoms. The van der Waals surface area contributed by atoms with E-state index >= 15 is 0 Å². The molecular formula is C14H25N5O2. The third kappa shape index (κ3) is 5.55. The van der Waals surface area contributed by atoms with E-state index in [2.05, 4.69) is 27.0 Å². The monoisotopic (exact) mass is 295 g/mol. The van der Waals surface area contributed by atoms with Crippen molar-refractivity contribution in [3.05, 3.63) is 22.2 Å². The molecule has 21 heavy (non-hydrogen) atoms. The van der Waals surface area contributed by atoms with Gasteiger partial charge in [0.15, 0.2) is 0 Å². The summed E-state index contributed by atoms with van der Waals surface area (Å²) in [6.07, 6.45) is 0.967. The van der Waals surface area contributed by atoms with E-state index in [4.69, 9.17) is 0 Å². The number of rotatable bonds is 9. The van der Waals surface area contributed by atoms with Crippen LogP contribution >= 0.6 is 0 Å². The van der Waals surface area contributed by atoms with Crippen molar-refractivity contribution in [1.29, 1.82) is 0 Å². The predicted octanol–water partition coefficient (Wildman–Crippen LogP) is 2.20. The first-order valence-corrected chi connectivity index (χ1v) is 7.28. The van der Waals surface area contributed by atoms with Crippen molar-refractivity contribution in [2.24, 2.45) is 0 Å². The van der Waals surface area contributed by atoms with E-state index in [-0.39, 0.29) is 10.6 Å². The highest BCUT2D eigenvalue weighted by molar-refractivity contribution is 5.56. The van der Waals surface area contributed by atoms with Gasteiger partial charge in [-0.25, -0.2) is 4.98 Å². The predicted molar refractivity (Wildman–Crippen MR) is 86.1 cm³/mol. The van der Waals surface area contributed by atoms with Crippen molar-refractivity contribution in [2.75, 3.05) is 50.5 Å². The lowest BCUT2D eigenvalue weighted by atomic mass is 10.3. The number of pyridine rings is 1. The van der Waals surface area contributed by atoms with Crippen LogP contribution in [-0.4, -0.2) is 55.1 Å². The largest absolute Gasteiger partial charge is 0.370 e. The summed E-state index contributed by atoms with van der Waals surface area (Å²) in [5.41, 5.74) is 0.0712. The Bertz CT molecular complexity index is 465. The molecule has 0 aliphatic carbocycles. The zero-order valence-electron chi connectivity index (χ0n) is 13.3. The molecule has 1 heterocycles. The summed E-state index contributed by atoms with van der Waals surface area (Å²) in [7, 11) is 4.02. The van der Waals surface area contributed by atoms with Gasteiger partial charge < -0.3 is 15.1 Å². The van der Waals surface area contributed by atoms with E-state index in [1.54, 1.807) is 6.07 Å². The summed E-state index contributed by atoms with van der Waals surface area (Å²) >= 11 is 0. The standard InChI is InChI=1S/C14H25N5O2/c1-5-7-18(9-8-17(3)4)14-11-12(19(20)21)10-13(16-14)15-6-2/h10-11H,5-9H2,1-4H3,(H,15,16). The highest BCUT2D eigenvalue weighted by Crippen LogP contribution is 2.23. The van der Waals surface area contributed by atoms with Crippen LogP contribution in [0.15, 0.2) is 12.1 Å². The molecule has 0 saturated carbocycles. The molecule has 1 rings (SSSR count). The van der Waals surface area contributed by atoms with E-state index in [0.29, 0.717) is 18.2 Å². The van der Waals surface area contributed by atoms with Crippen LogP contribution in [0.25, 0.3) is 0 Å². The van der Waals surface area contributed by atoms with Gasteiger partial charge >= 0.3 is 0 Å². The third-order valence-corrected chi connectivity index (χ3v) is 3.00. The van der Waals surface area contributed by atoms with Gasteiger partial charge in [0.05, 0.1) is 17.1 Å². The minimum atomic E-state index is -0.373. The highest BCUT2D eigenvalue weighted by atomic mass is 16.6. The Balaban J connectivity index is 3.06. The van der Waals surface area contributed by atoms with E-state index in [1.807, 2.05) is 21.0 Å². The molecule has 0 atom stereocenters. The second-order valence-corrected chi connectivity index (χ2v) is 5.15. The molecule has 7 nitrogen and oxygen atoms in total. The van der Waals surface area contributed by atoms with Crippen LogP contribution in [0.2, 0.25) is 0 Å². The van der Waals surface area contributed by atoms with Crippen LogP contribution in [0.4, 0.5) is 17.3 Å². The van der Waals surface area contributed by atoms with Gasteiger partial charge in [0.2, 0.25) is 0 Å². The van der Waals surface area contributed by atoms with E-state index in [1.165, 1.54) is 6.07 Å². The van der Waals surface area contributed by atoms with Gasteiger partial charge in [-0.3, -0.25) is 10.1 Å². The van der Waals surface area contributed by atoms with Gasteiger partial charge in [-0.15, -0.1) is 0 Å². The van der Waals surface area contributed by atoms with Gasteiger partial charge in [-0.05, 0) is 27.4 Å².